The first-order valence-corrected chi connectivity index (χ1v) is 9.08. The monoisotopic (exact) mass is 467 g/mol. The Hall–Kier alpha value is -2.75. The van der Waals surface area contributed by atoms with Gasteiger partial charge in [0.2, 0.25) is 5.91 Å². The number of ether oxygens (including phenoxy) is 1. The van der Waals surface area contributed by atoms with Crippen LogP contribution in [0.5, 0.6) is 0 Å². The molecule has 0 fully saturated rings. The normalized spacial score (nSPS) is 12.9. The molecule has 1 amide bonds. The van der Waals surface area contributed by atoms with Crippen molar-refractivity contribution in [1.29, 1.82) is 0 Å². The van der Waals surface area contributed by atoms with Crippen LogP contribution in [0, 0.1) is 0 Å². The molecule has 0 bridgehead atoms. The fourth-order valence-corrected chi connectivity index (χ4v) is 2.98. The summed E-state index contributed by atoms with van der Waals surface area (Å²) in [4.78, 5) is 24.3. The number of hydrogen-bond donors (Lipinski definition) is 1. The van der Waals surface area contributed by atoms with E-state index < -0.39 is 53.4 Å². The minimum absolute atomic E-state index is 0.0317. The minimum atomic E-state index is -5.04. The van der Waals surface area contributed by atoms with Crippen molar-refractivity contribution in [2.45, 2.75) is 31.2 Å². The van der Waals surface area contributed by atoms with Gasteiger partial charge in [-0.05, 0) is 35.4 Å². The lowest BCUT2D eigenvalue weighted by molar-refractivity contribution is -0.145. The summed E-state index contributed by atoms with van der Waals surface area (Å²) in [5, 5.41) is 2.58. The highest BCUT2D eigenvalue weighted by atomic mass is 35.5. The Morgan fingerprint density at radius 3 is 2.03 bits per heavy atom. The van der Waals surface area contributed by atoms with E-state index in [-0.39, 0.29) is 12.5 Å². The van der Waals surface area contributed by atoms with Gasteiger partial charge < -0.3 is 10.1 Å². The first-order valence-electron chi connectivity index (χ1n) is 8.70. The second kappa shape index (κ2) is 9.59. The summed E-state index contributed by atoms with van der Waals surface area (Å²) in [5.74, 6) is -1.82. The van der Waals surface area contributed by atoms with Crippen molar-refractivity contribution in [2.24, 2.45) is 0 Å². The second-order valence-electron chi connectivity index (χ2n) is 6.53. The molecule has 0 saturated carbocycles. The molecule has 0 spiro atoms. The van der Waals surface area contributed by atoms with Crippen LogP contribution in [0.3, 0.4) is 0 Å². The van der Waals surface area contributed by atoms with E-state index in [1.807, 2.05) is 0 Å². The van der Waals surface area contributed by atoms with Gasteiger partial charge in [-0.2, -0.15) is 26.3 Å². The summed E-state index contributed by atoms with van der Waals surface area (Å²) in [7, 11) is 1.07. The number of halogens is 7. The van der Waals surface area contributed by atoms with Gasteiger partial charge in [-0.3, -0.25) is 4.79 Å². The fourth-order valence-electron chi connectivity index (χ4n) is 2.77. The Bertz CT molecular complexity index is 926. The Labute approximate surface area is 178 Å². The quantitative estimate of drug-likeness (QED) is 0.489. The Morgan fingerprint density at radius 1 is 1.00 bits per heavy atom. The lowest BCUT2D eigenvalue weighted by Gasteiger charge is -2.18. The molecule has 0 unspecified atom stereocenters. The van der Waals surface area contributed by atoms with Gasteiger partial charge in [-0.1, -0.05) is 29.8 Å². The van der Waals surface area contributed by atoms with E-state index in [1.54, 1.807) is 24.3 Å². The van der Waals surface area contributed by atoms with Crippen LogP contribution in [0.15, 0.2) is 42.5 Å². The Morgan fingerprint density at radius 2 is 1.55 bits per heavy atom. The SMILES string of the molecule is COC(=O)[C@@H](Cc1ccccc1Cl)NC(=O)Cc1cc(C(F)(F)F)cc(C(F)(F)F)c1. The van der Waals surface area contributed by atoms with E-state index in [0.29, 0.717) is 22.7 Å². The summed E-state index contributed by atoms with van der Waals surface area (Å²) in [6.45, 7) is 0. The highest BCUT2D eigenvalue weighted by molar-refractivity contribution is 6.31. The molecule has 11 heteroatoms. The average molecular weight is 468 g/mol. The minimum Gasteiger partial charge on any atom is -0.467 e. The number of carbonyl (C=O) groups excluding carboxylic acids is 2. The zero-order valence-electron chi connectivity index (χ0n) is 15.9. The molecule has 0 aliphatic carbocycles. The average Bonchev–Trinajstić information content (AvgIpc) is 2.66. The zero-order chi connectivity index (χ0) is 23.4. The Balaban J connectivity index is 2.26. The highest BCUT2D eigenvalue weighted by Crippen LogP contribution is 2.36. The van der Waals surface area contributed by atoms with E-state index in [1.165, 1.54) is 0 Å². The summed E-state index contributed by atoms with van der Waals surface area (Å²) in [5.41, 5.74) is -3.10. The van der Waals surface area contributed by atoms with Crippen LogP contribution >= 0.6 is 11.6 Å². The van der Waals surface area contributed by atoms with Gasteiger partial charge in [0, 0.05) is 11.4 Å². The van der Waals surface area contributed by atoms with Crippen molar-refractivity contribution in [3.8, 4) is 0 Å². The molecule has 1 atom stereocenters. The van der Waals surface area contributed by atoms with Gasteiger partial charge in [0.1, 0.15) is 6.04 Å². The number of esters is 1. The lowest BCUT2D eigenvalue weighted by atomic mass is 10.0. The van der Waals surface area contributed by atoms with Crippen LogP contribution < -0.4 is 5.32 Å². The number of carbonyl (C=O) groups is 2. The topological polar surface area (TPSA) is 55.4 Å². The van der Waals surface area contributed by atoms with Crippen molar-refractivity contribution in [2.75, 3.05) is 7.11 Å². The molecule has 0 saturated heterocycles. The molecule has 168 valence electrons. The summed E-state index contributed by atoms with van der Waals surface area (Å²) < 4.78 is 82.5. The van der Waals surface area contributed by atoms with Crippen LogP contribution in [-0.4, -0.2) is 25.0 Å². The molecule has 0 heterocycles. The van der Waals surface area contributed by atoms with E-state index in [9.17, 15) is 35.9 Å². The summed E-state index contributed by atoms with van der Waals surface area (Å²) >= 11 is 6.02. The molecule has 2 aromatic carbocycles. The van der Waals surface area contributed by atoms with Crippen molar-refractivity contribution in [1.82, 2.24) is 5.32 Å². The maximum Gasteiger partial charge on any atom is 0.416 e. The van der Waals surface area contributed by atoms with Gasteiger partial charge in [0.25, 0.3) is 0 Å². The van der Waals surface area contributed by atoms with Gasteiger partial charge >= 0.3 is 18.3 Å². The maximum absolute atomic E-state index is 13.0. The van der Waals surface area contributed by atoms with E-state index in [4.69, 9.17) is 11.6 Å². The van der Waals surface area contributed by atoms with Gasteiger partial charge in [0.15, 0.2) is 0 Å². The number of methoxy groups -OCH3 is 1. The first kappa shape index (κ1) is 24.5. The van der Waals surface area contributed by atoms with Crippen molar-refractivity contribution < 1.29 is 40.7 Å². The third kappa shape index (κ3) is 6.88. The largest absolute Gasteiger partial charge is 0.467 e. The van der Waals surface area contributed by atoms with Crippen molar-refractivity contribution in [3.05, 3.63) is 69.7 Å². The fraction of sp³-hybridized carbons (Fsp3) is 0.300. The highest BCUT2D eigenvalue weighted by Gasteiger charge is 2.37. The Kier molecular flexibility index (Phi) is 7.58. The molecule has 2 rings (SSSR count). The molecular weight excluding hydrogens is 452 g/mol. The smallest absolute Gasteiger partial charge is 0.416 e. The van der Waals surface area contributed by atoms with Gasteiger partial charge in [-0.15, -0.1) is 0 Å². The first-order chi connectivity index (χ1) is 14.3. The summed E-state index contributed by atoms with van der Waals surface area (Å²) in [6, 6.07) is 6.05. The van der Waals surface area contributed by atoms with Crippen LogP contribution in [0.4, 0.5) is 26.3 Å². The van der Waals surface area contributed by atoms with Crippen molar-refractivity contribution >= 4 is 23.5 Å². The van der Waals surface area contributed by atoms with Crippen LogP contribution in [0.2, 0.25) is 5.02 Å². The standard InChI is InChI=1S/C20H16ClF6NO3/c1-31-18(30)16(9-12-4-2-3-5-15(12)21)28-17(29)8-11-6-13(19(22,23)24)10-14(7-11)20(25,26)27/h2-7,10,16H,8-9H2,1H3,(H,28,29)/t16-/m1/s1. The molecule has 0 aliphatic rings. The van der Waals surface area contributed by atoms with E-state index >= 15 is 0 Å². The lowest BCUT2D eigenvalue weighted by Crippen LogP contribution is -2.43. The molecule has 1 N–H and O–H groups in total. The molecule has 0 aromatic heterocycles. The predicted molar refractivity (Wildman–Crippen MR) is 99.3 cm³/mol. The predicted octanol–water partition coefficient (Wildman–Crippen LogP) is 4.82. The molecule has 0 aliphatic heterocycles. The molecule has 2 aromatic rings. The van der Waals surface area contributed by atoms with Crippen LogP contribution in [0.1, 0.15) is 22.3 Å². The number of nitrogens with one attached hydrogen (secondary N) is 1. The number of amides is 1. The number of hydrogen-bond acceptors (Lipinski definition) is 3. The third-order valence-electron chi connectivity index (χ3n) is 4.21. The van der Waals surface area contributed by atoms with E-state index in [0.717, 1.165) is 7.11 Å². The zero-order valence-corrected chi connectivity index (χ0v) is 16.7. The van der Waals surface area contributed by atoms with Crippen LogP contribution in [-0.2, 0) is 39.5 Å². The molecular formula is C20H16ClF6NO3. The summed E-state index contributed by atoms with van der Waals surface area (Å²) in [6.07, 6.45) is -11.0. The second-order valence-corrected chi connectivity index (χ2v) is 6.94. The molecule has 0 radical (unpaired) electrons. The molecule has 4 nitrogen and oxygen atoms in total. The van der Waals surface area contributed by atoms with Gasteiger partial charge in [-0.25, -0.2) is 4.79 Å². The van der Waals surface area contributed by atoms with Crippen LogP contribution in [0.25, 0.3) is 0 Å². The number of rotatable bonds is 6. The van der Waals surface area contributed by atoms with E-state index in [2.05, 4.69) is 10.1 Å². The number of benzene rings is 2. The van der Waals surface area contributed by atoms with Gasteiger partial charge in [0.05, 0.1) is 24.7 Å². The van der Waals surface area contributed by atoms with Crippen molar-refractivity contribution in [3.63, 3.8) is 0 Å². The molecule has 31 heavy (non-hydrogen) atoms. The third-order valence-corrected chi connectivity index (χ3v) is 4.58. The number of alkyl halides is 6. The maximum atomic E-state index is 13.0.